The number of nitrogens with one attached hydrogen (secondary N) is 1. The molecule has 0 aromatic heterocycles. The zero-order valence-corrected chi connectivity index (χ0v) is 18.6. The highest BCUT2D eigenvalue weighted by molar-refractivity contribution is 8.14. The van der Waals surface area contributed by atoms with Gasteiger partial charge in [-0.15, -0.1) is 0 Å². The molecule has 0 bridgehead atoms. The Kier molecular flexibility index (Phi) is 8.12. The predicted octanol–water partition coefficient (Wildman–Crippen LogP) is 2.63. The molecule has 1 aromatic carbocycles. The largest absolute Gasteiger partial charge is 0.480 e. The Labute approximate surface area is 186 Å². The van der Waals surface area contributed by atoms with Gasteiger partial charge in [-0.3, -0.25) is 19.2 Å². The van der Waals surface area contributed by atoms with E-state index in [1.165, 1.54) is 11.8 Å². The van der Waals surface area contributed by atoms with E-state index in [0.717, 1.165) is 49.4 Å². The quantitative estimate of drug-likeness (QED) is 0.604. The molecule has 1 aliphatic heterocycles. The molecule has 3 rings (SSSR count). The minimum atomic E-state index is -1.05. The molecule has 0 unspecified atom stereocenters. The Morgan fingerprint density at radius 1 is 1.16 bits per heavy atom. The first-order chi connectivity index (χ1) is 14.8. The maximum absolute atomic E-state index is 13.2. The lowest BCUT2D eigenvalue weighted by Crippen LogP contribution is -2.53. The summed E-state index contributed by atoms with van der Waals surface area (Å²) in [5.41, 5.74) is 0.931. The van der Waals surface area contributed by atoms with Crippen LogP contribution in [0.3, 0.4) is 0 Å². The van der Waals surface area contributed by atoms with Crippen LogP contribution < -0.4 is 5.32 Å². The molecule has 2 fully saturated rings. The Morgan fingerprint density at radius 3 is 2.48 bits per heavy atom. The summed E-state index contributed by atoms with van der Waals surface area (Å²) in [6, 6.07) is 8.58. The molecule has 1 aromatic rings. The summed E-state index contributed by atoms with van der Waals surface area (Å²) in [6.07, 6.45) is 5.44. The van der Waals surface area contributed by atoms with Gasteiger partial charge in [0.15, 0.2) is 5.12 Å². The lowest BCUT2D eigenvalue weighted by atomic mass is 10.0. The lowest BCUT2D eigenvalue weighted by molar-refractivity contribution is -0.147. The third kappa shape index (κ3) is 7.09. The summed E-state index contributed by atoms with van der Waals surface area (Å²) >= 11 is 0.956. The average molecular weight is 447 g/mol. The monoisotopic (exact) mass is 446 g/mol. The van der Waals surface area contributed by atoms with Crippen LogP contribution in [0, 0.1) is 5.92 Å². The van der Waals surface area contributed by atoms with E-state index < -0.39 is 17.3 Å². The summed E-state index contributed by atoms with van der Waals surface area (Å²) in [5, 5.41) is 11.4. The second-order valence-corrected chi connectivity index (χ2v) is 9.85. The van der Waals surface area contributed by atoms with Crippen molar-refractivity contribution in [1.82, 2.24) is 10.2 Å². The second-order valence-electron chi connectivity index (χ2n) is 8.47. The van der Waals surface area contributed by atoms with Crippen molar-refractivity contribution in [3.8, 4) is 0 Å². The van der Waals surface area contributed by atoms with Crippen molar-refractivity contribution in [3.05, 3.63) is 35.9 Å². The number of hydrogen-bond donors (Lipinski definition) is 2. The molecule has 1 saturated heterocycles. The molecule has 7 nitrogen and oxygen atoms in total. The Bertz CT molecular complexity index is 811. The first kappa shape index (κ1) is 23.3. The van der Waals surface area contributed by atoms with Gasteiger partial charge in [0.05, 0.1) is 5.25 Å². The normalized spacial score (nSPS) is 22.5. The van der Waals surface area contributed by atoms with Crippen LogP contribution in [0.4, 0.5) is 0 Å². The molecule has 1 heterocycles. The number of aliphatic carboxylic acids is 1. The summed E-state index contributed by atoms with van der Waals surface area (Å²) in [6.45, 7) is 1.07. The Balaban J connectivity index is 1.71. The van der Waals surface area contributed by atoms with Crippen molar-refractivity contribution >= 4 is 34.7 Å². The number of carboxylic acids is 1. The van der Waals surface area contributed by atoms with E-state index in [4.69, 9.17) is 0 Å². The van der Waals surface area contributed by atoms with E-state index >= 15 is 0 Å². The van der Waals surface area contributed by atoms with Gasteiger partial charge in [0.25, 0.3) is 0 Å². The topological polar surface area (TPSA) is 104 Å². The van der Waals surface area contributed by atoms with Crippen molar-refractivity contribution in [2.45, 2.75) is 69.2 Å². The summed E-state index contributed by atoms with van der Waals surface area (Å²) in [5.74, 6) is -1.17. The second kappa shape index (κ2) is 10.8. The minimum absolute atomic E-state index is 0.0929. The zero-order chi connectivity index (χ0) is 22.4. The molecule has 3 atom stereocenters. The number of carboxylic acid groups (broad SMARTS) is 1. The van der Waals surface area contributed by atoms with Gasteiger partial charge >= 0.3 is 5.97 Å². The standard InChI is InChI=1S/C23H30N2O5S/c1-15(26)31-20(13-16-6-3-2-4-7-16)22(29)24-19-9-5-8-18(12-17-10-11-17)25(23(19)30)14-21(27)28/h2-4,6-7,17-20H,5,8-14H2,1H3,(H,24,29)(H,27,28)/t18-,19+,20+/m0/s1. The van der Waals surface area contributed by atoms with Crippen LogP contribution >= 0.6 is 11.8 Å². The predicted molar refractivity (Wildman–Crippen MR) is 118 cm³/mol. The van der Waals surface area contributed by atoms with Gasteiger partial charge in [-0.05, 0) is 43.6 Å². The molecular weight excluding hydrogens is 416 g/mol. The van der Waals surface area contributed by atoms with Gasteiger partial charge in [-0.25, -0.2) is 0 Å². The highest BCUT2D eigenvalue weighted by atomic mass is 32.2. The van der Waals surface area contributed by atoms with E-state index in [9.17, 15) is 24.3 Å². The first-order valence-electron chi connectivity index (χ1n) is 10.9. The third-order valence-electron chi connectivity index (χ3n) is 5.84. The molecule has 2 amide bonds. The molecule has 0 spiro atoms. The van der Waals surface area contributed by atoms with Crippen molar-refractivity contribution in [2.75, 3.05) is 6.54 Å². The number of hydrogen-bond acceptors (Lipinski definition) is 5. The number of thioether (sulfide) groups is 1. The molecule has 1 saturated carbocycles. The molecule has 168 valence electrons. The highest BCUT2D eigenvalue weighted by Crippen LogP contribution is 2.37. The maximum Gasteiger partial charge on any atom is 0.323 e. The average Bonchev–Trinajstić information content (AvgIpc) is 3.54. The van der Waals surface area contributed by atoms with E-state index in [1.54, 1.807) is 0 Å². The molecule has 1 aliphatic carbocycles. The summed E-state index contributed by atoms with van der Waals surface area (Å²) in [4.78, 5) is 50.8. The van der Waals surface area contributed by atoms with Crippen LogP contribution in [0.1, 0.15) is 51.0 Å². The van der Waals surface area contributed by atoms with E-state index in [0.29, 0.717) is 18.8 Å². The first-order valence-corrected chi connectivity index (χ1v) is 11.7. The molecule has 8 heteroatoms. The fourth-order valence-corrected chi connectivity index (χ4v) is 5.02. The lowest BCUT2D eigenvalue weighted by Gasteiger charge is -2.31. The Hall–Kier alpha value is -2.35. The van der Waals surface area contributed by atoms with Crippen molar-refractivity contribution in [1.29, 1.82) is 0 Å². The van der Waals surface area contributed by atoms with Crippen molar-refractivity contribution < 1.29 is 24.3 Å². The van der Waals surface area contributed by atoms with Crippen LogP contribution in [0.5, 0.6) is 0 Å². The van der Waals surface area contributed by atoms with Crippen LogP contribution in [0.25, 0.3) is 0 Å². The van der Waals surface area contributed by atoms with Gasteiger partial charge in [0.2, 0.25) is 11.8 Å². The molecule has 2 aliphatic rings. The van der Waals surface area contributed by atoms with E-state index in [2.05, 4.69) is 5.32 Å². The van der Waals surface area contributed by atoms with Gasteiger partial charge < -0.3 is 15.3 Å². The van der Waals surface area contributed by atoms with E-state index in [-0.39, 0.29) is 29.5 Å². The van der Waals surface area contributed by atoms with Crippen molar-refractivity contribution in [3.63, 3.8) is 0 Å². The minimum Gasteiger partial charge on any atom is -0.480 e. The molecule has 2 N–H and O–H groups in total. The van der Waals surface area contributed by atoms with Gasteiger partial charge in [-0.1, -0.05) is 54.9 Å². The smallest absolute Gasteiger partial charge is 0.323 e. The fourth-order valence-electron chi connectivity index (χ4n) is 4.17. The Morgan fingerprint density at radius 2 is 1.87 bits per heavy atom. The maximum atomic E-state index is 13.2. The van der Waals surface area contributed by atoms with Crippen LogP contribution in [-0.4, -0.2) is 56.8 Å². The molecule has 0 radical (unpaired) electrons. The van der Waals surface area contributed by atoms with Crippen LogP contribution in [0.15, 0.2) is 30.3 Å². The van der Waals surface area contributed by atoms with Gasteiger partial charge in [-0.2, -0.15) is 0 Å². The molecular formula is C23H30N2O5S. The number of amides is 2. The van der Waals surface area contributed by atoms with Gasteiger partial charge in [0, 0.05) is 13.0 Å². The number of benzene rings is 1. The fraction of sp³-hybridized carbons (Fsp3) is 0.565. The number of rotatable bonds is 9. The number of nitrogens with zero attached hydrogens (tertiary/aromatic N) is 1. The number of carbonyl (C=O) groups is 4. The summed E-state index contributed by atoms with van der Waals surface area (Å²) < 4.78 is 0. The summed E-state index contributed by atoms with van der Waals surface area (Å²) in [7, 11) is 0. The third-order valence-corrected chi connectivity index (χ3v) is 6.84. The van der Waals surface area contributed by atoms with Crippen LogP contribution in [-0.2, 0) is 25.6 Å². The van der Waals surface area contributed by atoms with E-state index in [1.807, 2.05) is 30.3 Å². The SMILES string of the molecule is CC(=O)S[C@H](Cc1ccccc1)C(=O)N[C@@H]1CCC[C@@H](CC2CC2)N(CC(=O)O)C1=O. The highest BCUT2D eigenvalue weighted by Gasteiger charge is 2.38. The van der Waals surface area contributed by atoms with Crippen LogP contribution in [0.2, 0.25) is 0 Å². The van der Waals surface area contributed by atoms with Crippen molar-refractivity contribution in [2.24, 2.45) is 5.92 Å². The zero-order valence-electron chi connectivity index (χ0n) is 17.8. The number of likely N-dealkylation sites (tertiary alicyclic amines) is 1. The van der Waals surface area contributed by atoms with Gasteiger partial charge in [0.1, 0.15) is 12.6 Å². The number of carbonyl (C=O) groups excluding carboxylic acids is 3. The molecule has 31 heavy (non-hydrogen) atoms.